The molecule has 1 saturated carbocycles. The molecular weight excluding hydrogens is 284 g/mol. The standard InChI is InChI=1S/C17H20O3S/c18-16(12-6-9-19-17(10-12)7-3-8-17)14-11-21-15-5-2-1-4-13(15)20-14/h1-2,4-5,12,14H,3,6-11H2. The van der Waals surface area contributed by atoms with Crippen molar-refractivity contribution in [2.45, 2.75) is 48.7 Å². The van der Waals surface area contributed by atoms with Crippen molar-refractivity contribution in [1.82, 2.24) is 0 Å². The Morgan fingerprint density at radius 1 is 1.29 bits per heavy atom. The lowest BCUT2D eigenvalue weighted by molar-refractivity contribution is -0.159. The van der Waals surface area contributed by atoms with E-state index in [0.717, 1.165) is 48.7 Å². The third-order valence-electron chi connectivity index (χ3n) is 4.99. The summed E-state index contributed by atoms with van der Waals surface area (Å²) >= 11 is 1.73. The van der Waals surface area contributed by atoms with Gasteiger partial charge < -0.3 is 9.47 Å². The molecule has 112 valence electrons. The number of Topliss-reactive ketones (excluding diaryl/α,β-unsaturated/α-hetero) is 1. The molecule has 1 saturated heterocycles. The van der Waals surface area contributed by atoms with E-state index in [-0.39, 0.29) is 23.4 Å². The molecule has 1 aliphatic carbocycles. The first-order valence-corrected chi connectivity index (χ1v) is 8.81. The average Bonchev–Trinajstić information content (AvgIpc) is 2.52. The Hall–Kier alpha value is -1.00. The number of hydrogen-bond donors (Lipinski definition) is 0. The summed E-state index contributed by atoms with van der Waals surface area (Å²) in [6.45, 7) is 0.729. The van der Waals surface area contributed by atoms with Crippen LogP contribution in [0, 0.1) is 5.92 Å². The van der Waals surface area contributed by atoms with Crippen LogP contribution in [0.2, 0.25) is 0 Å². The Balaban J connectivity index is 1.46. The van der Waals surface area contributed by atoms with Crippen molar-refractivity contribution in [2.75, 3.05) is 12.4 Å². The molecule has 0 amide bonds. The molecule has 3 aliphatic rings. The van der Waals surface area contributed by atoms with Gasteiger partial charge in [0, 0.05) is 23.2 Å². The number of rotatable bonds is 2. The minimum atomic E-state index is -0.287. The van der Waals surface area contributed by atoms with E-state index < -0.39 is 0 Å². The second-order valence-corrected chi connectivity index (χ2v) is 7.40. The first-order valence-electron chi connectivity index (χ1n) is 7.82. The number of para-hydroxylation sites is 1. The molecule has 1 aromatic carbocycles. The SMILES string of the molecule is O=C(C1CCOC2(CCC2)C1)C1CSc2ccccc2O1. The van der Waals surface area contributed by atoms with Crippen LogP contribution in [0.15, 0.2) is 29.2 Å². The first-order chi connectivity index (χ1) is 10.3. The van der Waals surface area contributed by atoms with Crippen molar-refractivity contribution in [2.24, 2.45) is 5.92 Å². The Morgan fingerprint density at radius 3 is 2.95 bits per heavy atom. The van der Waals surface area contributed by atoms with Gasteiger partial charge in [-0.3, -0.25) is 4.79 Å². The summed E-state index contributed by atoms with van der Waals surface area (Å²) in [4.78, 5) is 13.9. The number of ether oxygens (including phenoxy) is 2. The fourth-order valence-corrected chi connectivity index (χ4v) is 4.61. The molecule has 0 bridgehead atoms. The lowest BCUT2D eigenvalue weighted by atomic mass is 9.71. The molecule has 0 N–H and O–H groups in total. The molecule has 2 fully saturated rings. The van der Waals surface area contributed by atoms with Gasteiger partial charge in [0.1, 0.15) is 5.75 Å². The summed E-state index contributed by atoms with van der Waals surface area (Å²) in [6, 6.07) is 7.98. The van der Waals surface area contributed by atoms with Gasteiger partial charge in [0.05, 0.1) is 5.60 Å². The van der Waals surface area contributed by atoms with Crippen LogP contribution in [0.4, 0.5) is 0 Å². The van der Waals surface area contributed by atoms with Gasteiger partial charge in [-0.15, -0.1) is 11.8 Å². The molecule has 2 atom stereocenters. The summed E-state index contributed by atoms with van der Waals surface area (Å²) in [5.41, 5.74) is 0.0261. The summed E-state index contributed by atoms with van der Waals surface area (Å²) in [7, 11) is 0. The van der Waals surface area contributed by atoms with Crippen LogP contribution in [0.5, 0.6) is 5.75 Å². The van der Waals surface area contributed by atoms with E-state index in [1.54, 1.807) is 11.8 Å². The molecule has 4 rings (SSSR count). The summed E-state index contributed by atoms with van der Waals surface area (Å²) < 4.78 is 11.9. The summed E-state index contributed by atoms with van der Waals surface area (Å²) in [5, 5.41) is 0. The smallest absolute Gasteiger partial charge is 0.177 e. The summed E-state index contributed by atoms with van der Waals surface area (Å²) in [5.74, 6) is 2.00. The predicted molar refractivity (Wildman–Crippen MR) is 81.8 cm³/mol. The molecule has 1 spiro atoms. The molecule has 21 heavy (non-hydrogen) atoms. The van der Waals surface area contributed by atoms with Gasteiger partial charge in [0.2, 0.25) is 0 Å². The summed E-state index contributed by atoms with van der Waals surface area (Å²) in [6.07, 6.45) is 4.96. The molecule has 1 aromatic rings. The average molecular weight is 304 g/mol. The highest BCUT2D eigenvalue weighted by Crippen LogP contribution is 2.45. The van der Waals surface area contributed by atoms with E-state index in [4.69, 9.17) is 9.47 Å². The third kappa shape index (κ3) is 2.49. The second-order valence-electron chi connectivity index (χ2n) is 6.34. The number of carbonyl (C=O) groups excluding carboxylic acids is 1. The van der Waals surface area contributed by atoms with Gasteiger partial charge in [-0.25, -0.2) is 0 Å². The zero-order chi connectivity index (χ0) is 14.3. The van der Waals surface area contributed by atoms with Gasteiger partial charge in [-0.2, -0.15) is 0 Å². The molecule has 4 heteroatoms. The zero-order valence-electron chi connectivity index (χ0n) is 12.0. The predicted octanol–water partition coefficient (Wildman–Crippen LogP) is 3.46. The topological polar surface area (TPSA) is 35.5 Å². The van der Waals surface area contributed by atoms with E-state index in [1.165, 1.54) is 6.42 Å². The molecule has 2 heterocycles. The van der Waals surface area contributed by atoms with Gasteiger partial charge in [-0.05, 0) is 44.2 Å². The maximum atomic E-state index is 12.8. The van der Waals surface area contributed by atoms with Gasteiger partial charge in [0.25, 0.3) is 0 Å². The van der Waals surface area contributed by atoms with Gasteiger partial charge >= 0.3 is 0 Å². The largest absolute Gasteiger partial charge is 0.481 e. The van der Waals surface area contributed by atoms with E-state index in [1.807, 2.05) is 18.2 Å². The van der Waals surface area contributed by atoms with Crippen molar-refractivity contribution in [1.29, 1.82) is 0 Å². The van der Waals surface area contributed by atoms with Gasteiger partial charge in [0.15, 0.2) is 11.9 Å². The Morgan fingerprint density at radius 2 is 2.14 bits per heavy atom. The number of benzene rings is 1. The van der Waals surface area contributed by atoms with Crippen molar-refractivity contribution >= 4 is 17.5 Å². The minimum absolute atomic E-state index is 0.0261. The number of fused-ring (bicyclic) bond motifs is 1. The minimum Gasteiger partial charge on any atom is -0.481 e. The zero-order valence-corrected chi connectivity index (χ0v) is 12.9. The van der Waals surface area contributed by atoms with Gasteiger partial charge in [-0.1, -0.05) is 12.1 Å². The highest BCUT2D eigenvalue weighted by atomic mass is 32.2. The molecule has 3 nitrogen and oxygen atoms in total. The third-order valence-corrected chi connectivity index (χ3v) is 6.10. The van der Waals surface area contributed by atoms with Crippen LogP contribution in [0.3, 0.4) is 0 Å². The number of thioether (sulfide) groups is 1. The van der Waals surface area contributed by atoms with E-state index in [2.05, 4.69) is 6.07 Å². The Bertz CT molecular complexity index is 553. The van der Waals surface area contributed by atoms with Crippen molar-refractivity contribution < 1.29 is 14.3 Å². The van der Waals surface area contributed by atoms with E-state index in [9.17, 15) is 4.79 Å². The number of ketones is 1. The normalized spacial score (nSPS) is 30.1. The maximum absolute atomic E-state index is 12.8. The lowest BCUT2D eigenvalue weighted by Crippen LogP contribution is -2.49. The van der Waals surface area contributed by atoms with Crippen LogP contribution < -0.4 is 4.74 Å². The highest BCUT2D eigenvalue weighted by molar-refractivity contribution is 7.99. The van der Waals surface area contributed by atoms with Crippen molar-refractivity contribution in [3.8, 4) is 5.75 Å². The quantitative estimate of drug-likeness (QED) is 0.838. The van der Waals surface area contributed by atoms with Crippen LogP contribution >= 0.6 is 11.8 Å². The molecule has 2 aliphatic heterocycles. The monoisotopic (exact) mass is 304 g/mol. The molecule has 0 radical (unpaired) electrons. The fraction of sp³-hybridized carbons (Fsp3) is 0.588. The van der Waals surface area contributed by atoms with Crippen LogP contribution in [-0.2, 0) is 9.53 Å². The van der Waals surface area contributed by atoms with Crippen molar-refractivity contribution in [3.05, 3.63) is 24.3 Å². The molecule has 2 unspecified atom stereocenters. The van der Waals surface area contributed by atoms with Crippen LogP contribution in [0.25, 0.3) is 0 Å². The number of hydrogen-bond acceptors (Lipinski definition) is 4. The van der Waals surface area contributed by atoms with Crippen molar-refractivity contribution in [3.63, 3.8) is 0 Å². The first kappa shape index (κ1) is 13.6. The highest BCUT2D eigenvalue weighted by Gasteiger charge is 2.45. The lowest BCUT2D eigenvalue weighted by Gasteiger charge is -2.47. The molecule has 0 aromatic heterocycles. The Labute approximate surface area is 129 Å². The molecular formula is C17H20O3S. The van der Waals surface area contributed by atoms with Crippen LogP contribution in [0.1, 0.15) is 32.1 Å². The maximum Gasteiger partial charge on any atom is 0.177 e. The van der Waals surface area contributed by atoms with Crippen LogP contribution in [-0.4, -0.2) is 29.8 Å². The number of carbonyl (C=O) groups is 1. The fourth-order valence-electron chi connectivity index (χ4n) is 3.61. The van der Waals surface area contributed by atoms with E-state index >= 15 is 0 Å². The van der Waals surface area contributed by atoms with E-state index in [0.29, 0.717) is 0 Å². The Kier molecular flexibility index (Phi) is 3.46. The second kappa shape index (κ2) is 5.33.